The molecule has 0 aromatic rings. The van der Waals surface area contributed by atoms with E-state index in [0.717, 1.165) is 6.42 Å². The fraction of sp³-hybridized carbons (Fsp3) is 0.818. The van der Waals surface area contributed by atoms with Crippen LogP contribution in [0.25, 0.3) is 0 Å². The molecule has 0 amide bonds. The Kier molecular flexibility index (Phi) is 4.20. The third kappa shape index (κ3) is 5.27. The molecular weight excluding hydrogens is 176 g/mol. The summed E-state index contributed by atoms with van der Waals surface area (Å²) >= 11 is 0. The highest BCUT2D eigenvalue weighted by Gasteiger charge is 2.20. The molecule has 0 aromatic carbocycles. The van der Waals surface area contributed by atoms with E-state index >= 15 is 0 Å². The van der Waals surface area contributed by atoms with Crippen LogP contribution < -0.4 is 0 Å². The van der Waals surface area contributed by atoms with Gasteiger partial charge in [-0.15, -0.1) is 0 Å². The first kappa shape index (κ1) is 11.0. The molecule has 2 heteroatoms. The van der Waals surface area contributed by atoms with Crippen LogP contribution >= 0.6 is 0 Å². The van der Waals surface area contributed by atoms with Crippen LogP contribution in [0.5, 0.6) is 0 Å². The molecule has 0 bridgehead atoms. The lowest BCUT2D eigenvalue weighted by Gasteiger charge is -2.26. The Labute approximate surface area is 83.3 Å². The van der Waals surface area contributed by atoms with Crippen molar-refractivity contribution in [3.05, 3.63) is 12.2 Å². The van der Waals surface area contributed by atoms with Crippen molar-refractivity contribution < 1.29 is 4.43 Å². The maximum atomic E-state index is 6.10. The molecule has 1 unspecified atom stereocenters. The Hall–Kier alpha value is -0.0831. The molecule has 0 aromatic heterocycles. The van der Waals surface area contributed by atoms with Gasteiger partial charge in [0.1, 0.15) is 0 Å². The molecule has 0 spiro atoms. The SMILES string of the molecule is C[Si](C)(C)OC1CC=CCCCC1. The Morgan fingerprint density at radius 1 is 1.15 bits per heavy atom. The van der Waals surface area contributed by atoms with Crippen LogP contribution in [0.3, 0.4) is 0 Å². The Bertz CT molecular complexity index is 169. The summed E-state index contributed by atoms with van der Waals surface area (Å²) in [6.45, 7) is 6.82. The van der Waals surface area contributed by atoms with Gasteiger partial charge >= 0.3 is 0 Å². The number of allylic oxidation sites excluding steroid dienone is 1. The van der Waals surface area contributed by atoms with Crippen molar-refractivity contribution >= 4 is 8.32 Å². The normalized spacial score (nSPS) is 25.3. The van der Waals surface area contributed by atoms with Crippen LogP contribution in [0.1, 0.15) is 32.1 Å². The summed E-state index contributed by atoms with van der Waals surface area (Å²) < 4.78 is 6.10. The summed E-state index contributed by atoms with van der Waals surface area (Å²) in [5, 5.41) is 0. The molecular formula is C11H22OSi. The van der Waals surface area contributed by atoms with Crippen molar-refractivity contribution in [2.45, 2.75) is 57.8 Å². The van der Waals surface area contributed by atoms with Gasteiger partial charge in [-0.25, -0.2) is 0 Å². The van der Waals surface area contributed by atoms with Gasteiger partial charge in [0.05, 0.1) is 0 Å². The smallest absolute Gasteiger partial charge is 0.184 e. The number of hydrogen-bond acceptors (Lipinski definition) is 1. The molecule has 0 radical (unpaired) electrons. The van der Waals surface area contributed by atoms with E-state index in [1.807, 2.05) is 0 Å². The highest BCUT2D eigenvalue weighted by molar-refractivity contribution is 6.69. The average molecular weight is 198 g/mol. The Morgan fingerprint density at radius 3 is 2.62 bits per heavy atom. The fourth-order valence-corrected chi connectivity index (χ4v) is 2.94. The van der Waals surface area contributed by atoms with Gasteiger partial charge in [-0.2, -0.15) is 0 Å². The Balaban J connectivity index is 2.38. The lowest BCUT2D eigenvalue weighted by Crippen LogP contribution is -2.32. The highest BCUT2D eigenvalue weighted by Crippen LogP contribution is 2.18. The Morgan fingerprint density at radius 2 is 1.92 bits per heavy atom. The molecule has 0 fully saturated rings. The van der Waals surface area contributed by atoms with E-state index in [2.05, 4.69) is 31.8 Å². The van der Waals surface area contributed by atoms with Gasteiger partial charge in [0.25, 0.3) is 0 Å². The molecule has 13 heavy (non-hydrogen) atoms. The van der Waals surface area contributed by atoms with Crippen molar-refractivity contribution in [2.75, 3.05) is 0 Å². The topological polar surface area (TPSA) is 9.23 Å². The van der Waals surface area contributed by atoms with Gasteiger partial charge in [0, 0.05) is 6.10 Å². The summed E-state index contributed by atoms with van der Waals surface area (Å²) in [6.07, 6.45) is 11.4. The van der Waals surface area contributed by atoms with Crippen LogP contribution in [0.15, 0.2) is 12.2 Å². The second-order valence-electron chi connectivity index (χ2n) is 4.84. The van der Waals surface area contributed by atoms with E-state index in [1.54, 1.807) is 0 Å². The largest absolute Gasteiger partial charge is 0.414 e. The van der Waals surface area contributed by atoms with Gasteiger partial charge in [-0.3, -0.25) is 0 Å². The van der Waals surface area contributed by atoms with E-state index < -0.39 is 8.32 Å². The quantitative estimate of drug-likeness (QED) is 0.485. The maximum absolute atomic E-state index is 6.10. The fourth-order valence-electron chi connectivity index (χ4n) is 1.72. The van der Waals surface area contributed by atoms with Crippen LogP contribution in [-0.4, -0.2) is 14.4 Å². The minimum atomic E-state index is -1.32. The molecule has 1 aliphatic carbocycles. The third-order valence-corrected chi connectivity index (χ3v) is 3.27. The second kappa shape index (κ2) is 4.96. The first-order chi connectivity index (χ1) is 6.08. The summed E-state index contributed by atoms with van der Waals surface area (Å²) in [5.41, 5.74) is 0. The maximum Gasteiger partial charge on any atom is 0.184 e. The van der Waals surface area contributed by atoms with Gasteiger partial charge in [0.2, 0.25) is 0 Å². The van der Waals surface area contributed by atoms with E-state index in [0.29, 0.717) is 6.10 Å². The minimum absolute atomic E-state index is 0.503. The molecule has 0 saturated carbocycles. The standard InChI is InChI=1S/C11H22OSi/c1-13(2,3)12-11-9-7-5-4-6-8-10-11/h5,7,11H,4,6,8-10H2,1-3H3. The third-order valence-electron chi connectivity index (χ3n) is 2.23. The molecule has 76 valence electrons. The van der Waals surface area contributed by atoms with Crippen LogP contribution in [0.4, 0.5) is 0 Å². The van der Waals surface area contributed by atoms with Crippen molar-refractivity contribution in [1.82, 2.24) is 0 Å². The van der Waals surface area contributed by atoms with Gasteiger partial charge in [0.15, 0.2) is 8.32 Å². The minimum Gasteiger partial charge on any atom is -0.414 e. The zero-order valence-electron chi connectivity index (χ0n) is 9.18. The summed E-state index contributed by atoms with van der Waals surface area (Å²) in [6, 6.07) is 0. The zero-order chi connectivity index (χ0) is 9.73. The van der Waals surface area contributed by atoms with Crippen LogP contribution in [0.2, 0.25) is 19.6 Å². The van der Waals surface area contributed by atoms with Crippen molar-refractivity contribution in [3.8, 4) is 0 Å². The van der Waals surface area contributed by atoms with E-state index in [1.165, 1.54) is 25.7 Å². The van der Waals surface area contributed by atoms with E-state index in [9.17, 15) is 0 Å². The highest BCUT2D eigenvalue weighted by atomic mass is 28.4. The van der Waals surface area contributed by atoms with E-state index in [4.69, 9.17) is 4.43 Å². The molecule has 1 atom stereocenters. The van der Waals surface area contributed by atoms with Crippen molar-refractivity contribution in [1.29, 1.82) is 0 Å². The number of rotatable bonds is 2. The molecule has 0 heterocycles. The van der Waals surface area contributed by atoms with Crippen LogP contribution in [0, 0.1) is 0 Å². The molecule has 0 saturated heterocycles. The lowest BCUT2D eigenvalue weighted by molar-refractivity contribution is 0.181. The van der Waals surface area contributed by atoms with Crippen molar-refractivity contribution in [3.63, 3.8) is 0 Å². The molecule has 1 nitrogen and oxygen atoms in total. The molecule has 0 N–H and O–H groups in total. The summed E-state index contributed by atoms with van der Waals surface area (Å²) in [5.74, 6) is 0. The first-order valence-electron chi connectivity index (χ1n) is 5.41. The van der Waals surface area contributed by atoms with Gasteiger partial charge in [-0.05, 0) is 45.3 Å². The predicted molar refractivity (Wildman–Crippen MR) is 60.4 cm³/mol. The number of hydrogen-bond donors (Lipinski definition) is 0. The summed E-state index contributed by atoms with van der Waals surface area (Å²) in [7, 11) is -1.32. The molecule has 1 rings (SSSR count). The molecule has 0 aliphatic heterocycles. The molecule has 1 aliphatic rings. The predicted octanol–water partition coefficient (Wildman–Crippen LogP) is 3.73. The first-order valence-corrected chi connectivity index (χ1v) is 8.81. The van der Waals surface area contributed by atoms with Crippen LogP contribution in [-0.2, 0) is 4.43 Å². The van der Waals surface area contributed by atoms with E-state index in [-0.39, 0.29) is 0 Å². The summed E-state index contributed by atoms with van der Waals surface area (Å²) in [4.78, 5) is 0. The monoisotopic (exact) mass is 198 g/mol. The second-order valence-corrected chi connectivity index (χ2v) is 9.30. The van der Waals surface area contributed by atoms with Gasteiger partial charge < -0.3 is 4.43 Å². The van der Waals surface area contributed by atoms with Crippen molar-refractivity contribution in [2.24, 2.45) is 0 Å². The average Bonchev–Trinajstić information content (AvgIpc) is 1.92. The lowest BCUT2D eigenvalue weighted by atomic mass is 10.0. The zero-order valence-corrected chi connectivity index (χ0v) is 10.2. The van der Waals surface area contributed by atoms with Gasteiger partial charge in [-0.1, -0.05) is 18.6 Å².